The van der Waals surface area contributed by atoms with Crippen LogP contribution in [0.5, 0.6) is 0 Å². The van der Waals surface area contributed by atoms with Gasteiger partial charge in [-0.05, 0) is 6.42 Å². The van der Waals surface area contributed by atoms with E-state index in [0.717, 1.165) is 0 Å². The minimum Gasteiger partial charge on any atom is -0.481 e. The van der Waals surface area contributed by atoms with Crippen molar-refractivity contribution in [1.82, 2.24) is 4.90 Å². The quantitative estimate of drug-likeness (QED) is 0.659. The van der Waals surface area contributed by atoms with Gasteiger partial charge >= 0.3 is 11.9 Å². The number of hydrogen-bond acceptors (Lipinski definition) is 5. The number of ether oxygens (including phenoxy) is 2. The molecule has 1 saturated carbocycles. The Morgan fingerprint density at radius 2 is 2.06 bits per heavy atom. The van der Waals surface area contributed by atoms with E-state index in [1.165, 1.54) is 12.0 Å². The highest BCUT2D eigenvalue weighted by molar-refractivity contribution is 5.92. The molecule has 1 amide bonds. The minimum atomic E-state index is -0.962. The molecule has 0 aromatic heterocycles. The highest BCUT2D eigenvalue weighted by Gasteiger charge is 2.51. The SMILES string of the molecule is COC(=O)C1COCCN1C(=O)[C@@H]1C[C@@H]1C(=O)O. The van der Waals surface area contributed by atoms with Crippen LogP contribution in [0.25, 0.3) is 0 Å². The molecule has 2 rings (SSSR count). The monoisotopic (exact) mass is 257 g/mol. The van der Waals surface area contributed by atoms with E-state index in [4.69, 9.17) is 9.84 Å². The van der Waals surface area contributed by atoms with Crippen molar-refractivity contribution in [2.24, 2.45) is 11.8 Å². The molecule has 0 bridgehead atoms. The number of methoxy groups -OCH3 is 1. The summed E-state index contributed by atoms with van der Waals surface area (Å²) in [5.74, 6) is -2.90. The molecule has 1 unspecified atom stereocenters. The molecule has 3 atom stereocenters. The third-order valence-electron chi connectivity index (χ3n) is 3.31. The number of aliphatic carboxylic acids is 1. The lowest BCUT2D eigenvalue weighted by atomic mass is 10.2. The summed E-state index contributed by atoms with van der Waals surface area (Å²) in [7, 11) is 1.25. The molecule has 0 spiro atoms. The lowest BCUT2D eigenvalue weighted by Crippen LogP contribution is -2.53. The predicted molar refractivity (Wildman–Crippen MR) is 57.6 cm³/mol. The molecule has 18 heavy (non-hydrogen) atoms. The number of carbonyl (C=O) groups is 3. The molecule has 0 aromatic rings. The van der Waals surface area contributed by atoms with Crippen molar-refractivity contribution in [3.05, 3.63) is 0 Å². The van der Waals surface area contributed by atoms with Crippen LogP contribution in [0, 0.1) is 11.8 Å². The van der Waals surface area contributed by atoms with Crippen LogP contribution in [0.15, 0.2) is 0 Å². The molecule has 1 aliphatic carbocycles. The van der Waals surface area contributed by atoms with Gasteiger partial charge < -0.3 is 19.5 Å². The third kappa shape index (κ3) is 2.31. The Labute approximate surface area is 104 Å². The molecule has 100 valence electrons. The number of carbonyl (C=O) groups excluding carboxylic acids is 2. The maximum atomic E-state index is 12.1. The highest BCUT2D eigenvalue weighted by atomic mass is 16.5. The van der Waals surface area contributed by atoms with Gasteiger partial charge in [-0.2, -0.15) is 0 Å². The van der Waals surface area contributed by atoms with Crippen LogP contribution in [0.1, 0.15) is 6.42 Å². The first kappa shape index (κ1) is 12.8. The van der Waals surface area contributed by atoms with Gasteiger partial charge in [0.15, 0.2) is 6.04 Å². The zero-order chi connectivity index (χ0) is 13.3. The van der Waals surface area contributed by atoms with E-state index in [-0.39, 0.29) is 12.5 Å². The summed E-state index contributed by atoms with van der Waals surface area (Å²) in [6, 6.07) is -0.758. The number of amides is 1. The molecular weight excluding hydrogens is 242 g/mol. The van der Waals surface area contributed by atoms with E-state index in [0.29, 0.717) is 19.6 Å². The van der Waals surface area contributed by atoms with Crippen molar-refractivity contribution in [3.63, 3.8) is 0 Å². The molecule has 7 nitrogen and oxygen atoms in total. The Hall–Kier alpha value is -1.63. The van der Waals surface area contributed by atoms with Gasteiger partial charge in [-0.1, -0.05) is 0 Å². The van der Waals surface area contributed by atoms with E-state index >= 15 is 0 Å². The van der Waals surface area contributed by atoms with Crippen molar-refractivity contribution in [2.75, 3.05) is 26.9 Å². The van der Waals surface area contributed by atoms with Gasteiger partial charge in [0, 0.05) is 6.54 Å². The second-order valence-electron chi connectivity index (χ2n) is 4.43. The Morgan fingerprint density at radius 1 is 1.33 bits per heavy atom. The standard InChI is InChI=1S/C11H15NO6/c1-17-11(16)8-5-18-3-2-12(8)9(13)6-4-7(6)10(14)15/h6-8H,2-5H2,1H3,(H,14,15)/t6-,7+,8?/m1/s1. The van der Waals surface area contributed by atoms with Crippen LogP contribution in [-0.2, 0) is 23.9 Å². The average molecular weight is 257 g/mol. The number of carboxylic acid groups (broad SMARTS) is 1. The molecule has 1 heterocycles. The summed E-state index contributed by atoms with van der Waals surface area (Å²) in [5, 5.41) is 8.81. The summed E-state index contributed by atoms with van der Waals surface area (Å²) in [5.41, 5.74) is 0. The summed E-state index contributed by atoms with van der Waals surface area (Å²) in [6.07, 6.45) is 0.347. The summed E-state index contributed by atoms with van der Waals surface area (Å²) >= 11 is 0. The zero-order valence-corrected chi connectivity index (χ0v) is 10.00. The highest BCUT2D eigenvalue weighted by Crippen LogP contribution is 2.40. The number of hydrogen-bond donors (Lipinski definition) is 1. The Morgan fingerprint density at radius 3 is 2.61 bits per heavy atom. The Kier molecular flexibility index (Phi) is 3.51. The van der Waals surface area contributed by atoms with Gasteiger partial charge in [-0.25, -0.2) is 4.79 Å². The fourth-order valence-electron chi connectivity index (χ4n) is 2.15. The minimum absolute atomic E-state index is 0.100. The lowest BCUT2D eigenvalue weighted by molar-refractivity contribution is -0.161. The van der Waals surface area contributed by atoms with Crippen LogP contribution in [0.2, 0.25) is 0 Å². The Balaban J connectivity index is 2.03. The predicted octanol–water partition coefficient (Wildman–Crippen LogP) is -0.892. The number of nitrogens with zero attached hydrogens (tertiary/aromatic N) is 1. The molecule has 0 aromatic carbocycles. The molecule has 2 fully saturated rings. The van der Waals surface area contributed by atoms with E-state index < -0.39 is 29.8 Å². The van der Waals surface area contributed by atoms with Gasteiger partial charge in [0.2, 0.25) is 5.91 Å². The number of rotatable bonds is 3. The molecule has 0 radical (unpaired) electrons. The van der Waals surface area contributed by atoms with E-state index in [2.05, 4.69) is 4.74 Å². The van der Waals surface area contributed by atoms with Crippen LogP contribution in [0.3, 0.4) is 0 Å². The second-order valence-corrected chi connectivity index (χ2v) is 4.43. The van der Waals surface area contributed by atoms with Crippen LogP contribution in [0.4, 0.5) is 0 Å². The van der Waals surface area contributed by atoms with Crippen LogP contribution in [-0.4, -0.2) is 60.8 Å². The molecule has 2 aliphatic rings. The van der Waals surface area contributed by atoms with Crippen molar-refractivity contribution in [1.29, 1.82) is 0 Å². The number of carboxylic acids is 1. The van der Waals surface area contributed by atoms with Crippen LogP contribution < -0.4 is 0 Å². The fourth-order valence-corrected chi connectivity index (χ4v) is 2.15. The smallest absolute Gasteiger partial charge is 0.331 e. The molecule has 1 N–H and O–H groups in total. The average Bonchev–Trinajstić information content (AvgIpc) is 3.17. The van der Waals surface area contributed by atoms with Gasteiger partial charge in [-0.3, -0.25) is 9.59 Å². The first-order valence-electron chi connectivity index (χ1n) is 5.75. The maximum absolute atomic E-state index is 12.1. The van der Waals surface area contributed by atoms with Crippen molar-refractivity contribution < 1.29 is 29.0 Å². The summed E-state index contributed by atoms with van der Waals surface area (Å²) < 4.78 is 9.76. The largest absolute Gasteiger partial charge is 0.481 e. The van der Waals surface area contributed by atoms with Crippen molar-refractivity contribution in [3.8, 4) is 0 Å². The summed E-state index contributed by atoms with van der Waals surface area (Å²) in [6.45, 7) is 0.744. The fraction of sp³-hybridized carbons (Fsp3) is 0.727. The molecule has 7 heteroatoms. The molecule has 1 aliphatic heterocycles. The van der Waals surface area contributed by atoms with Gasteiger partial charge in [0.25, 0.3) is 0 Å². The molecular formula is C11H15NO6. The lowest BCUT2D eigenvalue weighted by Gasteiger charge is -2.33. The van der Waals surface area contributed by atoms with E-state index in [1.807, 2.05) is 0 Å². The van der Waals surface area contributed by atoms with Gasteiger partial charge in [-0.15, -0.1) is 0 Å². The van der Waals surface area contributed by atoms with Gasteiger partial charge in [0.05, 0.1) is 32.2 Å². The number of esters is 1. The topological polar surface area (TPSA) is 93.1 Å². The molecule has 1 saturated heterocycles. The summed E-state index contributed by atoms with van der Waals surface area (Å²) in [4.78, 5) is 35.8. The maximum Gasteiger partial charge on any atom is 0.331 e. The number of morpholine rings is 1. The van der Waals surface area contributed by atoms with Crippen molar-refractivity contribution in [2.45, 2.75) is 12.5 Å². The third-order valence-corrected chi connectivity index (χ3v) is 3.31. The Bertz CT molecular complexity index is 382. The first-order valence-corrected chi connectivity index (χ1v) is 5.75. The van der Waals surface area contributed by atoms with Crippen LogP contribution >= 0.6 is 0 Å². The van der Waals surface area contributed by atoms with Crippen molar-refractivity contribution >= 4 is 17.8 Å². The first-order chi connectivity index (χ1) is 8.56. The van der Waals surface area contributed by atoms with E-state index in [9.17, 15) is 14.4 Å². The van der Waals surface area contributed by atoms with Gasteiger partial charge in [0.1, 0.15) is 0 Å². The zero-order valence-electron chi connectivity index (χ0n) is 10.00. The normalized spacial score (nSPS) is 30.7. The van der Waals surface area contributed by atoms with E-state index in [1.54, 1.807) is 0 Å². The second kappa shape index (κ2) is 4.93.